The quantitative estimate of drug-likeness (QED) is 0.291. The molecule has 0 saturated carbocycles. The third kappa shape index (κ3) is 8.83. The Kier molecular flexibility index (Phi) is 12.3. The van der Waals surface area contributed by atoms with Gasteiger partial charge >= 0.3 is 0 Å². The van der Waals surface area contributed by atoms with Gasteiger partial charge < -0.3 is 15.5 Å². The Bertz CT molecular complexity index is 844. The maximum absolute atomic E-state index is 12.3. The van der Waals surface area contributed by atoms with Crippen LogP contribution in [0.2, 0.25) is 0 Å². The molecule has 0 saturated heterocycles. The van der Waals surface area contributed by atoms with E-state index in [1.807, 2.05) is 61.5 Å². The van der Waals surface area contributed by atoms with Gasteiger partial charge in [-0.15, -0.1) is 24.0 Å². The number of aliphatic imine (C=N–C) groups is 1. The minimum absolute atomic E-state index is 0. The molecule has 2 aromatic rings. The van der Waals surface area contributed by atoms with Gasteiger partial charge in [0, 0.05) is 43.4 Å². The summed E-state index contributed by atoms with van der Waals surface area (Å²) in [4.78, 5) is 19.0. The summed E-state index contributed by atoms with van der Waals surface area (Å²) < 4.78 is 12.3. The van der Waals surface area contributed by atoms with E-state index >= 15 is 0 Å². The highest BCUT2D eigenvalue weighted by molar-refractivity contribution is 14.0. The Hall–Kier alpha value is -1.94. The van der Waals surface area contributed by atoms with E-state index in [-0.39, 0.29) is 29.9 Å². The Morgan fingerprint density at radius 2 is 1.80 bits per heavy atom. The van der Waals surface area contributed by atoms with Crippen molar-refractivity contribution in [1.29, 1.82) is 0 Å². The molecule has 0 aromatic heterocycles. The predicted octanol–water partition coefficient (Wildman–Crippen LogP) is 2.91. The highest BCUT2D eigenvalue weighted by atomic mass is 127. The minimum Gasteiger partial charge on any atom is -0.357 e. The van der Waals surface area contributed by atoms with E-state index in [1.165, 1.54) is 0 Å². The molecule has 2 N–H and O–H groups in total. The molecule has 0 spiro atoms. The van der Waals surface area contributed by atoms with E-state index in [4.69, 9.17) is 0 Å². The SMILES string of the molecule is CCNC(=NCCS(=O)c1ccccc1)NCCc1cccc(C(=O)N(C)C)c1.I. The minimum atomic E-state index is -1.05. The van der Waals surface area contributed by atoms with Crippen molar-refractivity contribution in [1.82, 2.24) is 15.5 Å². The second kappa shape index (κ2) is 14.1. The molecule has 30 heavy (non-hydrogen) atoms. The maximum atomic E-state index is 12.3. The third-order valence-electron chi connectivity index (χ3n) is 4.18. The lowest BCUT2D eigenvalue weighted by Crippen LogP contribution is -2.38. The van der Waals surface area contributed by atoms with Crippen molar-refractivity contribution in [3.05, 3.63) is 65.7 Å². The molecule has 0 bridgehead atoms. The van der Waals surface area contributed by atoms with Gasteiger partial charge in [-0.3, -0.25) is 14.0 Å². The van der Waals surface area contributed by atoms with Gasteiger partial charge in [0.1, 0.15) is 0 Å². The first-order valence-corrected chi connectivity index (χ1v) is 11.1. The fourth-order valence-corrected chi connectivity index (χ4v) is 3.67. The van der Waals surface area contributed by atoms with Crippen LogP contribution in [-0.2, 0) is 17.2 Å². The number of guanidine groups is 1. The van der Waals surface area contributed by atoms with Crippen molar-refractivity contribution in [3.8, 4) is 0 Å². The zero-order valence-corrected chi connectivity index (χ0v) is 20.9. The van der Waals surface area contributed by atoms with Crippen LogP contribution in [0.15, 0.2) is 64.5 Å². The molecule has 0 aliphatic rings. The molecular formula is C22H31IN4O2S. The summed E-state index contributed by atoms with van der Waals surface area (Å²) in [5, 5.41) is 6.50. The van der Waals surface area contributed by atoms with Gasteiger partial charge in [0.25, 0.3) is 5.91 Å². The van der Waals surface area contributed by atoms with E-state index < -0.39 is 10.8 Å². The normalized spacial score (nSPS) is 11.9. The van der Waals surface area contributed by atoms with E-state index in [0.29, 0.717) is 30.4 Å². The van der Waals surface area contributed by atoms with E-state index in [2.05, 4.69) is 15.6 Å². The lowest BCUT2D eigenvalue weighted by molar-refractivity contribution is 0.0827. The molecule has 0 aliphatic heterocycles. The van der Waals surface area contributed by atoms with Gasteiger partial charge in [0.05, 0.1) is 17.3 Å². The molecule has 0 heterocycles. The predicted molar refractivity (Wildman–Crippen MR) is 135 cm³/mol. The molecular weight excluding hydrogens is 511 g/mol. The van der Waals surface area contributed by atoms with Gasteiger partial charge in [-0.2, -0.15) is 0 Å². The Labute approximate surface area is 199 Å². The maximum Gasteiger partial charge on any atom is 0.253 e. The van der Waals surface area contributed by atoms with Crippen LogP contribution in [0.1, 0.15) is 22.8 Å². The first-order chi connectivity index (χ1) is 14.0. The van der Waals surface area contributed by atoms with Crippen LogP contribution < -0.4 is 10.6 Å². The molecule has 2 rings (SSSR count). The number of hydrogen-bond acceptors (Lipinski definition) is 3. The highest BCUT2D eigenvalue weighted by Gasteiger charge is 2.08. The van der Waals surface area contributed by atoms with Crippen LogP contribution >= 0.6 is 24.0 Å². The molecule has 1 amide bonds. The van der Waals surface area contributed by atoms with Gasteiger partial charge in [0.2, 0.25) is 0 Å². The first kappa shape index (κ1) is 26.1. The zero-order valence-electron chi connectivity index (χ0n) is 17.8. The smallest absolute Gasteiger partial charge is 0.253 e. The Morgan fingerprint density at radius 3 is 2.47 bits per heavy atom. The summed E-state index contributed by atoms with van der Waals surface area (Å²) in [6.07, 6.45) is 0.773. The number of carbonyl (C=O) groups excluding carboxylic acids is 1. The number of amides is 1. The van der Waals surface area contributed by atoms with Crippen molar-refractivity contribution in [2.24, 2.45) is 4.99 Å². The lowest BCUT2D eigenvalue weighted by Gasteiger charge is -2.13. The first-order valence-electron chi connectivity index (χ1n) is 9.77. The summed E-state index contributed by atoms with van der Waals surface area (Å²) in [6, 6.07) is 17.1. The number of rotatable bonds is 9. The Balaban J connectivity index is 0.00000450. The molecule has 0 aliphatic carbocycles. The van der Waals surface area contributed by atoms with E-state index in [1.54, 1.807) is 19.0 Å². The van der Waals surface area contributed by atoms with Crippen LogP contribution in [0.5, 0.6) is 0 Å². The average Bonchev–Trinajstić information content (AvgIpc) is 2.74. The monoisotopic (exact) mass is 542 g/mol. The molecule has 164 valence electrons. The van der Waals surface area contributed by atoms with Gasteiger partial charge in [-0.05, 0) is 43.2 Å². The molecule has 1 atom stereocenters. The van der Waals surface area contributed by atoms with Gasteiger partial charge in [0.15, 0.2) is 5.96 Å². The summed E-state index contributed by atoms with van der Waals surface area (Å²) in [5.74, 6) is 1.19. The molecule has 8 heteroatoms. The molecule has 0 fully saturated rings. The largest absolute Gasteiger partial charge is 0.357 e. The summed E-state index contributed by atoms with van der Waals surface area (Å²) in [7, 11) is 2.45. The Morgan fingerprint density at radius 1 is 1.07 bits per heavy atom. The second-order valence-electron chi connectivity index (χ2n) is 6.70. The molecule has 2 aromatic carbocycles. The van der Waals surface area contributed by atoms with E-state index in [9.17, 15) is 9.00 Å². The summed E-state index contributed by atoms with van der Waals surface area (Å²) in [6.45, 7) is 3.92. The summed E-state index contributed by atoms with van der Waals surface area (Å²) in [5.41, 5.74) is 1.78. The second-order valence-corrected chi connectivity index (χ2v) is 8.27. The van der Waals surface area contributed by atoms with Crippen molar-refractivity contribution in [2.45, 2.75) is 18.2 Å². The standard InChI is InChI=1S/C22H30N4O2S.HI/c1-4-23-22(25-15-16-29(28)20-11-6-5-7-12-20)24-14-13-18-9-8-10-19(17-18)21(27)26(2)3;/h5-12,17H,4,13-16H2,1-3H3,(H2,23,24,25);1H. The lowest BCUT2D eigenvalue weighted by atomic mass is 10.1. The van der Waals surface area contributed by atoms with Crippen molar-refractivity contribution < 1.29 is 9.00 Å². The average molecular weight is 542 g/mol. The number of nitrogens with one attached hydrogen (secondary N) is 2. The summed E-state index contributed by atoms with van der Waals surface area (Å²) >= 11 is 0. The van der Waals surface area contributed by atoms with Crippen molar-refractivity contribution in [2.75, 3.05) is 39.5 Å². The van der Waals surface area contributed by atoms with Crippen LogP contribution in [0, 0.1) is 0 Å². The third-order valence-corrected chi connectivity index (χ3v) is 5.53. The highest BCUT2D eigenvalue weighted by Crippen LogP contribution is 2.08. The van der Waals surface area contributed by atoms with Crippen molar-refractivity contribution >= 4 is 46.6 Å². The zero-order chi connectivity index (χ0) is 21.1. The number of carbonyl (C=O) groups is 1. The van der Waals surface area contributed by atoms with Crippen LogP contribution in [0.3, 0.4) is 0 Å². The molecule has 6 nitrogen and oxygen atoms in total. The number of nitrogens with zero attached hydrogens (tertiary/aromatic N) is 2. The van der Waals surface area contributed by atoms with E-state index in [0.717, 1.165) is 23.4 Å². The van der Waals surface area contributed by atoms with Crippen LogP contribution in [-0.4, -0.2) is 60.5 Å². The fourth-order valence-electron chi connectivity index (χ4n) is 2.72. The van der Waals surface area contributed by atoms with Gasteiger partial charge in [-0.25, -0.2) is 0 Å². The van der Waals surface area contributed by atoms with Crippen LogP contribution in [0.4, 0.5) is 0 Å². The number of halogens is 1. The topological polar surface area (TPSA) is 73.8 Å². The number of benzene rings is 2. The van der Waals surface area contributed by atoms with Crippen LogP contribution in [0.25, 0.3) is 0 Å². The fraction of sp³-hybridized carbons (Fsp3) is 0.364. The van der Waals surface area contributed by atoms with Crippen molar-refractivity contribution in [3.63, 3.8) is 0 Å². The molecule has 0 radical (unpaired) electrons. The number of hydrogen-bond donors (Lipinski definition) is 2. The van der Waals surface area contributed by atoms with Gasteiger partial charge in [-0.1, -0.05) is 30.3 Å². The molecule has 1 unspecified atom stereocenters.